The van der Waals surface area contributed by atoms with E-state index in [9.17, 15) is 19.2 Å². The van der Waals surface area contributed by atoms with E-state index in [1.807, 2.05) is 26.0 Å². The minimum absolute atomic E-state index is 0.170. The second-order valence-electron chi connectivity index (χ2n) is 10.7. The highest BCUT2D eigenvalue weighted by atomic mass is 35.5. The maximum absolute atomic E-state index is 12.2. The van der Waals surface area contributed by atoms with Crippen molar-refractivity contribution >= 4 is 58.3 Å². The van der Waals surface area contributed by atoms with Crippen LogP contribution >= 0.6 is 23.4 Å². The number of anilines is 2. The fourth-order valence-electron chi connectivity index (χ4n) is 3.87. The molecule has 3 rings (SSSR count). The molecular weight excluding hydrogens is 630 g/mol. The van der Waals surface area contributed by atoms with Crippen molar-refractivity contribution in [3.63, 3.8) is 0 Å². The molecule has 1 unspecified atom stereocenters. The number of amides is 2. The number of aromatic amines is 1. The summed E-state index contributed by atoms with van der Waals surface area (Å²) in [6, 6.07) is 10.8. The molecule has 250 valence electrons. The van der Waals surface area contributed by atoms with Crippen molar-refractivity contribution in [2.75, 3.05) is 29.6 Å². The van der Waals surface area contributed by atoms with E-state index in [2.05, 4.69) is 39.0 Å². The molecule has 0 bridgehead atoms. The number of aryl methyl sites for hydroxylation is 2. The zero-order valence-corrected chi connectivity index (χ0v) is 28.7. The average molecular weight is 674 g/mol. The van der Waals surface area contributed by atoms with Crippen molar-refractivity contribution in [2.45, 2.75) is 78.2 Å². The van der Waals surface area contributed by atoms with Gasteiger partial charge in [-0.25, -0.2) is 0 Å². The monoisotopic (exact) mass is 673 g/mol. The second-order valence-corrected chi connectivity index (χ2v) is 12.1. The van der Waals surface area contributed by atoms with Crippen molar-refractivity contribution in [2.24, 2.45) is 5.92 Å². The van der Waals surface area contributed by atoms with Crippen LogP contribution in [0.2, 0.25) is 5.02 Å². The molecule has 46 heavy (non-hydrogen) atoms. The lowest BCUT2D eigenvalue weighted by Crippen LogP contribution is -2.25. The first-order chi connectivity index (χ1) is 22.0. The minimum atomic E-state index is -0.781. The van der Waals surface area contributed by atoms with Gasteiger partial charge in [-0.1, -0.05) is 67.2 Å². The Morgan fingerprint density at radius 3 is 2.46 bits per heavy atom. The Kier molecular flexibility index (Phi) is 17.5. The third-order valence-electron chi connectivity index (χ3n) is 6.64. The molecule has 3 N–H and O–H groups in total. The van der Waals surface area contributed by atoms with Gasteiger partial charge in [0, 0.05) is 12.1 Å². The van der Waals surface area contributed by atoms with E-state index in [-0.39, 0.29) is 24.1 Å². The number of rotatable bonds is 17. The Bertz CT molecular complexity index is 1420. The van der Waals surface area contributed by atoms with E-state index in [1.165, 1.54) is 44.0 Å². The molecule has 13 heteroatoms. The van der Waals surface area contributed by atoms with Crippen molar-refractivity contribution in [3.8, 4) is 5.75 Å². The molecule has 0 radical (unpaired) electrons. The van der Waals surface area contributed by atoms with E-state index >= 15 is 0 Å². The number of carbonyl (C=O) groups is 4. The topological polar surface area (TPSA) is 152 Å². The highest BCUT2D eigenvalue weighted by Crippen LogP contribution is 2.26. The van der Waals surface area contributed by atoms with Gasteiger partial charge in [0.15, 0.2) is 0 Å². The van der Waals surface area contributed by atoms with Gasteiger partial charge in [0.25, 0.3) is 0 Å². The van der Waals surface area contributed by atoms with Crippen LogP contribution in [0.25, 0.3) is 0 Å². The second kappa shape index (κ2) is 21.0. The first-order valence-corrected chi connectivity index (χ1v) is 16.6. The Hall–Kier alpha value is -3.90. The van der Waals surface area contributed by atoms with Gasteiger partial charge in [-0.3, -0.25) is 19.2 Å². The first-order valence-electron chi connectivity index (χ1n) is 15.2. The fourth-order valence-corrected chi connectivity index (χ4v) is 4.62. The van der Waals surface area contributed by atoms with Gasteiger partial charge < -0.3 is 20.1 Å². The quantitative estimate of drug-likeness (QED) is 0.0599. The molecule has 0 aliphatic carbocycles. The molecule has 0 fully saturated rings. The smallest absolute Gasteiger partial charge is 0.316 e. The van der Waals surface area contributed by atoms with Gasteiger partial charge in [0.1, 0.15) is 16.6 Å². The molecule has 1 heterocycles. The zero-order valence-electron chi connectivity index (χ0n) is 27.1. The van der Waals surface area contributed by atoms with Gasteiger partial charge >= 0.3 is 5.97 Å². The van der Waals surface area contributed by atoms with Crippen molar-refractivity contribution in [3.05, 3.63) is 58.7 Å². The molecule has 1 atom stereocenters. The molecule has 3 aromatic rings. The zero-order chi connectivity index (χ0) is 33.9. The number of halogens is 1. The number of carbonyl (C=O) groups excluding carboxylic acids is 4. The standard InChI is InChI=1S/C23H27ClN2O4.C10H17N3O2S/c1-14-7-10-21(15(2)12-14)30-11-5-6-22(28)25-18-8-9-19(24)20(13-18)26-23(29)16(3)17(4)27;1-2-3-4-5-6-15-10(14)8-16-9-7-11-13-12-9/h7-10,12-13,16H,5-6,11H2,1-4H3,(H,25,28)(H,26,29);7H,2-6,8H2,1H3,(H,11,12,13). The Morgan fingerprint density at radius 2 is 1.78 bits per heavy atom. The van der Waals surface area contributed by atoms with Crippen LogP contribution in [0.1, 0.15) is 70.4 Å². The summed E-state index contributed by atoms with van der Waals surface area (Å²) in [4.78, 5) is 46.9. The lowest BCUT2D eigenvalue weighted by Gasteiger charge is -2.13. The molecule has 0 saturated heterocycles. The van der Waals surface area contributed by atoms with E-state index in [4.69, 9.17) is 21.1 Å². The molecule has 2 aromatic carbocycles. The number of unbranched alkanes of at least 4 members (excludes halogenated alkanes) is 3. The number of nitrogens with zero attached hydrogens (tertiary/aromatic N) is 2. The van der Waals surface area contributed by atoms with Crippen LogP contribution < -0.4 is 15.4 Å². The Morgan fingerprint density at radius 1 is 1.00 bits per heavy atom. The summed E-state index contributed by atoms with van der Waals surface area (Å²) in [5.41, 5.74) is 3.08. The maximum Gasteiger partial charge on any atom is 0.316 e. The highest BCUT2D eigenvalue weighted by molar-refractivity contribution is 7.99. The summed E-state index contributed by atoms with van der Waals surface area (Å²) in [6.45, 7) is 10.0. The van der Waals surface area contributed by atoms with E-state index in [0.29, 0.717) is 46.8 Å². The average Bonchev–Trinajstić information content (AvgIpc) is 3.54. The normalized spacial score (nSPS) is 11.1. The van der Waals surface area contributed by atoms with E-state index in [0.717, 1.165) is 24.2 Å². The Balaban J connectivity index is 0.000000387. The van der Waals surface area contributed by atoms with Crippen LogP contribution in [0, 0.1) is 19.8 Å². The Labute approximate surface area is 279 Å². The van der Waals surface area contributed by atoms with Gasteiger partial charge in [0.05, 0.1) is 41.8 Å². The minimum Gasteiger partial charge on any atom is -0.493 e. The molecule has 2 amide bonds. The summed E-state index contributed by atoms with van der Waals surface area (Å²) < 4.78 is 10.8. The lowest BCUT2D eigenvalue weighted by atomic mass is 10.1. The molecule has 11 nitrogen and oxygen atoms in total. The van der Waals surface area contributed by atoms with Crippen LogP contribution in [-0.2, 0) is 23.9 Å². The van der Waals surface area contributed by atoms with Crippen molar-refractivity contribution < 1.29 is 28.7 Å². The molecule has 1 aromatic heterocycles. The SMILES string of the molecule is CC(=O)C(C)C(=O)Nc1cc(NC(=O)CCCOc2ccc(C)cc2C)ccc1Cl.CCCCCCOC(=O)CSc1cn[nH]n1. The van der Waals surface area contributed by atoms with Gasteiger partial charge in [0.2, 0.25) is 11.8 Å². The first kappa shape index (κ1) is 38.3. The van der Waals surface area contributed by atoms with Crippen molar-refractivity contribution in [1.82, 2.24) is 15.4 Å². The number of aromatic nitrogens is 3. The predicted molar refractivity (Wildman–Crippen MR) is 181 cm³/mol. The molecular formula is C33H44ClN5O6S. The number of ketones is 1. The molecule has 0 spiro atoms. The number of H-pyrrole nitrogens is 1. The van der Waals surface area contributed by atoms with Crippen LogP contribution in [0.3, 0.4) is 0 Å². The predicted octanol–water partition coefficient (Wildman–Crippen LogP) is 6.94. The third-order valence-corrected chi connectivity index (χ3v) is 7.84. The number of Topliss-reactive ketones (excluding diaryl/α,β-unsaturated/α-hetero) is 1. The van der Waals surface area contributed by atoms with Crippen LogP contribution in [0.5, 0.6) is 5.75 Å². The lowest BCUT2D eigenvalue weighted by molar-refractivity contribution is -0.140. The fraction of sp³-hybridized carbons (Fsp3) is 0.455. The maximum atomic E-state index is 12.2. The molecule has 0 aliphatic heterocycles. The highest BCUT2D eigenvalue weighted by Gasteiger charge is 2.19. The van der Waals surface area contributed by atoms with E-state index < -0.39 is 11.8 Å². The number of benzene rings is 2. The summed E-state index contributed by atoms with van der Waals surface area (Å²) in [5, 5.41) is 16.4. The number of esters is 1. The third kappa shape index (κ3) is 14.9. The summed E-state index contributed by atoms with van der Waals surface area (Å²) in [7, 11) is 0. The van der Waals surface area contributed by atoms with Gasteiger partial charge in [-0.05, 0) is 70.4 Å². The van der Waals surface area contributed by atoms with Crippen LogP contribution in [-0.4, -0.2) is 57.9 Å². The number of hydrogen-bond acceptors (Lipinski definition) is 9. The van der Waals surface area contributed by atoms with E-state index in [1.54, 1.807) is 24.4 Å². The number of hydrogen-bond donors (Lipinski definition) is 3. The number of ether oxygens (including phenoxy) is 2. The largest absolute Gasteiger partial charge is 0.493 e. The number of thioether (sulfide) groups is 1. The molecule has 0 saturated carbocycles. The summed E-state index contributed by atoms with van der Waals surface area (Å²) >= 11 is 7.44. The van der Waals surface area contributed by atoms with Crippen LogP contribution in [0.15, 0.2) is 47.6 Å². The molecule has 0 aliphatic rings. The van der Waals surface area contributed by atoms with Crippen molar-refractivity contribution in [1.29, 1.82) is 0 Å². The van der Waals surface area contributed by atoms with Crippen LogP contribution in [0.4, 0.5) is 11.4 Å². The van der Waals surface area contributed by atoms with Gasteiger partial charge in [-0.15, -0.1) is 5.10 Å². The summed E-state index contributed by atoms with van der Waals surface area (Å²) in [5.74, 6) is -0.719. The summed E-state index contributed by atoms with van der Waals surface area (Å²) in [6.07, 6.45) is 6.90. The number of nitrogens with one attached hydrogen (secondary N) is 3. The van der Waals surface area contributed by atoms with Gasteiger partial charge in [-0.2, -0.15) is 10.3 Å².